The molecule has 0 aliphatic carbocycles. The highest BCUT2D eigenvalue weighted by atomic mass is 79.9. The highest BCUT2D eigenvalue weighted by Gasteiger charge is 2.01. The highest BCUT2D eigenvalue weighted by molar-refractivity contribution is 9.08. The van der Waals surface area contributed by atoms with Gasteiger partial charge in [0.25, 0.3) is 0 Å². The molecule has 0 saturated heterocycles. The molecule has 0 aromatic heterocycles. The largest absolute Gasteiger partial charge is 0.0876 e. The quantitative estimate of drug-likeness (QED) is 0.720. The van der Waals surface area contributed by atoms with E-state index in [1.54, 1.807) is 0 Å². The zero-order valence-corrected chi connectivity index (χ0v) is 10.5. The summed E-state index contributed by atoms with van der Waals surface area (Å²) in [7, 11) is 0. The average Bonchev–Trinajstić information content (AvgIpc) is 2.08. The summed E-state index contributed by atoms with van der Waals surface area (Å²) >= 11 is 6.95. The first kappa shape index (κ1) is 10.3. The predicted molar refractivity (Wildman–Crippen MR) is 61.2 cm³/mol. The van der Waals surface area contributed by atoms with Gasteiger partial charge in [0.15, 0.2) is 0 Å². The number of hydrogen-bond acceptors (Lipinski definition) is 0. The Bertz CT molecular complexity index is 250. The van der Waals surface area contributed by atoms with Crippen molar-refractivity contribution in [1.29, 1.82) is 0 Å². The molecule has 0 bridgehead atoms. The molecule has 0 heterocycles. The molecule has 0 radical (unpaired) electrons. The molecule has 0 saturated carbocycles. The van der Waals surface area contributed by atoms with Crippen molar-refractivity contribution in [3.8, 4) is 0 Å². The standard InChI is InChI=1S/C10H12Br2/c1-7-3-10(6-12)8(2)4-9(7)5-11/h3-4H,5-6H2,1-2H3. The van der Waals surface area contributed by atoms with Crippen molar-refractivity contribution in [3.05, 3.63) is 34.4 Å². The lowest BCUT2D eigenvalue weighted by Crippen LogP contribution is -1.91. The Morgan fingerprint density at radius 3 is 1.50 bits per heavy atom. The van der Waals surface area contributed by atoms with Gasteiger partial charge in [0.1, 0.15) is 0 Å². The molecule has 0 atom stereocenters. The minimum absolute atomic E-state index is 0.947. The summed E-state index contributed by atoms with van der Waals surface area (Å²) in [6.07, 6.45) is 0. The smallest absolute Gasteiger partial charge is 0.0285 e. The van der Waals surface area contributed by atoms with Crippen LogP contribution in [0.15, 0.2) is 12.1 Å². The molecule has 0 amide bonds. The lowest BCUT2D eigenvalue weighted by atomic mass is 10.0. The fourth-order valence-electron chi connectivity index (χ4n) is 1.22. The van der Waals surface area contributed by atoms with Gasteiger partial charge in [0.05, 0.1) is 0 Å². The molecular weight excluding hydrogens is 280 g/mol. The van der Waals surface area contributed by atoms with Crippen molar-refractivity contribution >= 4 is 31.9 Å². The maximum absolute atomic E-state index is 3.48. The van der Waals surface area contributed by atoms with Crippen LogP contribution in [0.4, 0.5) is 0 Å². The predicted octanol–water partition coefficient (Wildman–Crippen LogP) is 4.09. The van der Waals surface area contributed by atoms with E-state index < -0.39 is 0 Å². The van der Waals surface area contributed by atoms with Gasteiger partial charge in [-0.1, -0.05) is 44.0 Å². The fourth-order valence-corrected chi connectivity index (χ4v) is 2.43. The molecule has 0 unspecified atom stereocenters. The molecule has 1 aromatic rings. The molecule has 2 heteroatoms. The van der Waals surface area contributed by atoms with E-state index >= 15 is 0 Å². The lowest BCUT2D eigenvalue weighted by molar-refractivity contribution is 1.22. The van der Waals surface area contributed by atoms with E-state index in [4.69, 9.17) is 0 Å². The van der Waals surface area contributed by atoms with Gasteiger partial charge in [0.2, 0.25) is 0 Å². The van der Waals surface area contributed by atoms with Gasteiger partial charge < -0.3 is 0 Å². The van der Waals surface area contributed by atoms with Crippen LogP contribution in [-0.4, -0.2) is 0 Å². The molecule has 0 fully saturated rings. The molecule has 12 heavy (non-hydrogen) atoms. The van der Waals surface area contributed by atoms with Crippen LogP contribution in [-0.2, 0) is 10.7 Å². The van der Waals surface area contributed by atoms with E-state index in [0.717, 1.165) is 10.7 Å². The molecular formula is C10H12Br2. The molecule has 0 nitrogen and oxygen atoms in total. The van der Waals surface area contributed by atoms with Crippen LogP contribution >= 0.6 is 31.9 Å². The Kier molecular flexibility index (Phi) is 3.78. The lowest BCUT2D eigenvalue weighted by Gasteiger charge is -2.07. The first-order valence-corrected chi connectivity index (χ1v) is 6.14. The summed E-state index contributed by atoms with van der Waals surface area (Å²) in [5.41, 5.74) is 5.51. The summed E-state index contributed by atoms with van der Waals surface area (Å²) in [5, 5.41) is 1.89. The van der Waals surface area contributed by atoms with E-state index in [2.05, 4.69) is 57.8 Å². The summed E-state index contributed by atoms with van der Waals surface area (Å²) in [4.78, 5) is 0. The monoisotopic (exact) mass is 290 g/mol. The summed E-state index contributed by atoms with van der Waals surface area (Å²) in [5.74, 6) is 0. The van der Waals surface area contributed by atoms with Crippen LogP contribution in [0.25, 0.3) is 0 Å². The van der Waals surface area contributed by atoms with E-state index in [-0.39, 0.29) is 0 Å². The zero-order valence-electron chi connectivity index (χ0n) is 7.32. The molecule has 0 N–H and O–H groups in total. The van der Waals surface area contributed by atoms with Crippen molar-refractivity contribution in [2.75, 3.05) is 0 Å². The second kappa shape index (κ2) is 4.43. The second-order valence-electron chi connectivity index (χ2n) is 2.97. The van der Waals surface area contributed by atoms with Gasteiger partial charge in [-0.2, -0.15) is 0 Å². The maximum Gasteiger partial charge on any atom is 0.0285 e. The van der Waals surface area contributed by atoms with Gasteiger partial charge in [-0.25, -0.2) is 0 Å². The normalized spacial score (nSPS) is 10.3. The SMILES string of the molecule is Cc1cc(CBr)c(C)cc1CBr. The van der Waals surface area contributed by atoms with Gasteiger partial charge in [-0.3, -0.25) is 0 Å². The van der Waals surface area contributed by atoms with Crippen molar-refractivity contribution in [2.45, 2.75) is 24.5 Å². The molecule has 0 aliphatic rings. The first-order valence-electron chi connectivity index (χ1n) is 3.90. The van der Waals surface area contributed by atoms with E-state index in [1.807, 2.05) is 0 Å². The number of hydrogen-bond donors (Lipinski definition) is 0. The minimum atomic E-state index is 0.947. The van der Waals surface area contributed by atoms with Gasteiger partial charge >= 0.3 is 0 Å². The Morgan fingerprint density at radius 2 is 1.25 bits per heavy atom. The van der Waals surface area contributed by atoms with Crippen LogP contribution in [0.3, 0.4) is 0 Å². The fraction of sp³-hybridized carbons (Fsp3) is 0.400. The molecule has 1 rings (SSSR count). The van der Waals surface area contributed by atoms with Crippen LogP contribution in [0.2, 0.25) is 0 Å². The zero-order chi connectivity index (χ0) is 9.14. The van der Waals surface area contributed by atoms with E-state index in [9.17, 15) is 0 Å². The first-order chi connectivity index (χ1) is 5.69. The second-order valence-corrected chi connectivity index (χ2v) is 4.09. The molecule has 0 spiro atoms. The molecule has 66 valence electrons. The van der Waals surface area contributed by atoms with E-state index in [1.165, 1.54) is 22.3 Å². The third kappa shape index (κ3) is 2.11. The number of alkyl halides is 2. The van der Waals surface area contributed by atoms with E-state index in [0.29, 0.717) is 0 Å². The van der Waals surface area contributed by atoms with Crippen LogP contribution < -0.4 is 0 Å². The van der Waals surface area contributed by atoms with Crippen LogP contribution in [0, 0.1) is 13.8 Å². The minimum Gasteiger partial charge on any atom is -0.0876 e. The summed E-state index contributed by atoms with van der Waals surface area (Å²) < 4.78 is 0. The third-order valence-corrected chi connectivity index (χ3v) is 3.29. The van der Waals surface area contributed by atoms with Gasteiger partial charge in [0, 0.05) is 10.7 Å². The van der Waals surface area contributed by atoms with Crippen molar-refractivity contribution in [2.24, 2.45) is 0 Å². The topological polar surface area (TPSA) is 0 Å². The van der Waals surface area contributed by atoms with Crippen molar-refractivity contribution in [3.63, 3.8) is 0 Å². The molecule has 0 aliphatic heterocycles. The number of benzene rings is 1. The maximum atomic E-state index is 3.48. The van der Waals surface area contributed by atoms with Crippen molar-refractivity contribution in [1.82, 2.24) is 0 Å². The van der Waals surface area contributed by atoms with Gasteiger partial charge in [-0.15, -0.1) is 0 Å². The average molecular weight is 292 g/mol. The summed E-state index contributed by atoms with van der Waals surface area (Å²) in [6.45, 7) is 4.31. The highest BCUT2D eigenvalue weighted by Crippen LogP contribution is 2.19. The summed E-state index contributed by atoms with van der Waals surface area (Å²) in [6, 6.07) is 4.50. The third-order valence-electron chi connectivity index (χ3n) is 2.08. The van der Waals surface area contributed by atoms with Crippen LogP contribution in [0.1, 0.15) is 22.3 Å². The van der Waals surface area contributed by atoms with Crippen molar-refractivity contribution < 1.29 is 0 Å². The Labute approximate surface area is 90.6 Å². The van der Waals surface area contributed by atoms with Crippen LogP contribution in [0.5, 0.6) is 0 Å². The number of halogens is 2. The molecule has 1 aromatic carbocycles. The Balaban J connectivity index is 3.16. The Hall–Kier alpha value is 0.180. The van der Waals surface area contributed by atoms with Gasteiger partial charge in [-0.05, 0) is 36.1 Å². The number of rotatable bonds is 2. The number of aryl methyl sites for hydroxylation is 2. The Morgan fingerprint density at radius 1 is 0.917 bits per heavy atom.